The highest BCUT2D eigenvalue weighted by Gasteiger charge is 2.12. The largest absolute Gasteiger partial charge is 0.469 e. The molecule has 2 N–H and O–H groups in total. The third kappa shape index (κ3) is 12.0. The number of hydrogen-bond donors (Lipinski definition) is 2. The Morgan fingerprint density at radius 1 is 1.00 bits per heavy atom. The van der Waals surface area contributed by atoms with Crippen LogP contribution < -0.4 is 0 Å². The molecule has 0 aromatic rings. The molecular formula is C8H18FO4P. The topological polar surface area (TPSA) is 66.8 Å². The highest BCUT2D eigenvalue weighted by Crippen LogP contribution is 2.35. The molecule has 0 spiro atoms. The SMILES string of the molecule is O=P(O)(O)OCCCCCCCCF. The highest BCUT2D eigenvalue weighted by atomic mass is 31.2. The predicted molar refractivity (Wildman–Crippen MR) is 51.7 cm³/mol. The maximum atomic E-state index is 11.6. The normalized spacial score (nSPS) is 11.9. The molecule has 0 aliphatic carbocycles. The fourth-order valence-corrected chi connectivity index (χ4v) is 1.45. The lowest BCUT2D eigenvalue weighted by molar-refractivity contribution is 0.193. The fourth-order valence-electron chi connectivity index (χ4n) is 1.09. The van der Waals surface area contributed by atoms with Gasteiger partial charge in [0.1, 0.15) is 0 Å². The Morgan fingerprint density at radius 3 is 2.00 bits per heavy atom. The highest BCUT2D eigenvalue weighted by molar-refractivity contribution is 7.46. The van der Waals surface area contributed by atoms with E-state index in [0.717, 1.165) is 25.7 Å². The summed E-state index contributed by atoms with van der Waals surface area (Å²) in [6.07, 6.45) is 4.94. The van der Waals surface area contributed by atoms with Crippen molar-refractivity contribution in [1.82, 2.24) is 0 Å². The van der Waals surface area contributed by atoms with Crippen LogP contribution in [0.3, 0.4) is 0 Å². The molecule has 14 heavy (non-hydrogen) atoms. The van der Waals surface area contributed by atoms with E-state index in [1.807, 2.05) is 0 Å². The molecule has 0 heterocycles. The third-order valence-corrected chi connectivity index (χ3v) is 2.31. The van der Waals surface area contributed by atoms with Crippen molar-refractivity contribution in [2.45, 2.75) is 38.5 Å². The molecule has 0 bridgehead atoms. The Morgan fingerprint density at radius 2 is 1.50 bits per heavy atom. The first-order chi connectivity index (χ1) is 6.56. The maximum Gasteiger partial charge on any atom is 0.469 e. The number of alkyl halides is 1. The minimum atomic E-state index is -4.28. The zero-order valence-electron chi connectivity index (χ0n) is 8.19. The van der Waals surface area contributed by atoms with Gasteiger partial charge >= 0.3 is 7.82 Å². The molecule has 0 atom stereocenters. The van der Waals surface area contributed by atoms with Crippen molar-refractivity contribution >= 4 is 7.82 Å². The predicted octanol–water partition coefficient (Wildman–Crippen LogP) is 2.41. The van der Waals surface area contributed by atoms with Crippen LogP contribution in [0.5, 0.6) is 0 Å². The summed E-state index contributed by atoms with van der Waals surface area (Å²) in [5.41, 5.74) is 0. The molecule has 0 rings (SSSR count). The lowest BCUT2D eigenvalue weighted by Gasteiger charge is -2.04. The number of halogens is 1. The van der Waals surface area contributed by atoms with E-state index >= 15 is 0 Å². The number of phosphoric ester groups is 1. The molecule has 0 saturated carbocycles. The van der Waals surface area contributed by atoms with E-state index < -0.39 is 7.82 Å². The first-order valence-electron chi connectivity index (χ1n) is 4.82. The molecule has 0 aromatic carbocycles. The molecule has 0 radical (unpaired) electrons. The van der Waals surface area contributed by atoms with Gasteiger partial charge in [-0.15, -0.1) is 0 Å². The van der Waals surface area contributed by atoms with Gasteiger partial charge in [0.2, 0.25) is 0 Å². The number of phosphoric acid groups is 1. The summed E-state index contributed by atoms with van der Waals surface area (Å²) in [5, 5.41) is 0. The summed E-state index contributed by atoms with van der Waals surface area (Å²) >= 11 is 0. The Bertz CT molecular complexity index is 171. The van der Waals surface area contributed by atoms with Gasteiger partial charge in [0.05, 0.1) is 13.3 Å². The van der Waals surface area contributed by atoms with Crippen molar-refractivity contribution < 1.29 is 23.3 Å². The van der Waals surface area contributed by atoms with Crippen LogP contribution in [0.2, 0.25) is 0 Å². The fraction of sp³-hybridized carbons (Fsp3) is 1.00. The van der Waals surface area contributed by atoms with E-state index in [-0.39, 0.29) is 13.3 Å². The van der Waals surface area contributed by atoms with Gasteiger partial charge in [-0.2, -0.15) is 0 Å². The van der Waals surface area contributed by atoms with Crippen molar-refractivity contribution in [2.24, 2.45) is 0 Å². The average Bonchev–Trinajstić information content (AvgIpc) is 2.08. The molecule has 4 nitrogen and oxygen atoms in total. The summed E-state index contributed by atoms with van der Waals surface area (Å²) in [5.74, 6) is 0. The van der Waals surface area contributed by atoms with Gasteiger partial charge < -0.3 is 9.79 Å². The quantitative estimate of drug-likeness (QED) is 0.469. The summed E-state index contributed by atoms with van der Waals surface area (Å²) in [6.45, 7) is -0.172. The zero-order valence-corrected chi connectivity index (χ0v) is 9.09. The van der Waals surface area contributed by atoms with Gasteiger partial charge in [0.25, 0.3) is 0 Å². The zero-order chi connectivity index (χ0) is 10.9. The second-order valence-corrected chi connectivity index (χ2v) is 4.37. The first-order valence-corrected chi connectivity index (χ1v) is 6.35. The van der Waals surface area contributed by atoms with Crippen LogP contribution in [-0.2, 0) is 9.09 Å². The molecule has 0 aromatic heterocycles. The van der Waals surface area contributed by atoms with E-state index in [1.165, 1.54) is 0 Å². The average molecular weight is 228 g/mol. The van der Waals surface area contributed by atoms with Gasteiger partial charge in [0, 0.05) is 0 Å². The third-order valence-electron chi connectivity index (χ3n) is 1.79. The molecule has 86 valence electrons. The van der Waals surface area contributed by atoms with E-state index in [0.29, 0.717) is 12.8 Å². The Balaban J connectivity index is 3.03. The molecule has 6 heteroatoms. The van der Waals surface area contributed by atoms with Crippen LogP contribution in [0.1, 0.15) is 38.5 Å². The number of hydrogen-bond acceptors (Lipinski definition) is 2. The minimum Gasteiger partial charge on any atom is -0.303 e. The van der Waals surface area contributed by atoms with Crippen LogP contribution in [0.15, 0.2) is 0 Å². The summed E-state index contributed by atoms with van der Waals surface area (Å²) in [6, 6.07) is 0. The summed E-state index contributed by atoms with van der Waals surface area (Å²) in [4.78, 5) is 16.7. The van der Waals surface area contributed by atoms with Crippen LogP contribution in [-0.4, -0.2) is 23.1 Å². The maximum absolute atomic E-state index is 11.6. The Labute approximate surface area is 83.7 Å². The van der Waals surface area contributed by atoms with Crippen LogP contribution in [0.25, 0.3) is 0 Å². The molecule has 0 aliphatic heterocycles. The second kappa shape index (κ2) is 8.36. The summed E-state index contributed by atoms with van der Waals surface area (Å²) < 4.78 is 26.1. The second-order valence-electron chi connectivity index (χ2n) is 3.13. The molecular weight excluding hydrogens is 210 g/mol. The van der Waals surface area contributed by atoms with Crippen LogP contribution in [0, 0.1) is 0 Å². The number of unbranched alkanes of at least 4 members (excludes halogenated alkanes) is 5. The van der Waals surface area contributed by atoms with Crippen LogP contribution in [0.4, 0.5) is 4.39 Å². The van der Waals surface area contributed by atoms with E-state index in [9.17, 15) is 8.96 Å². The van der Waals surface area contributed by atoms with E-state index in [2.05, 4.69) is 4.52 Å². The van der Waals surface area contributed by atoms with Crippen molar-refractivity contribution in [3.8, 4) is 0 Å². The molecule has 0 amide bonds. The van der Waals surface area contributed by atoms with Gasteiger partial charge in [-0.1, -0.05) is 25.7 Å². The Hall–Kier alpha value is 0.0400. The van der Waals surface area contributed by atoms with Gasteiger partial charge in [-0.25, -0.2) is 4.57 Å². The minimum absolute atomic E-state index is 0.0907. The molecule has 0 saturated heterocycles. The molecule has 0 unspecified atom stereocenters. The van der Waals surface area contributed by atoms with Crippen molar-refractivity contribution in [2.75, 3.05) is 13.3 Å². The first kappa shape index (κ1) is 14.0. The standard InChI is InChI=1S/C8H18FO4P/c9-7-5-3-1-2-4-6-8-13-14(10,11)12/h1-8H2,(H2,10,11,12). The van der Waals surface area contributed by atoms with Crippen LogP contribution >= 0.6 is 7.82 Å². The number of rotatable bonds is 9. The lowest BCUT2D eigenvalue weighted by Crippen LogP contribution is -1.92. The van der Waals surface area contributed by atoms with Crippen molar-refractivity contribution in [3.63, 3.8) is 0 Å². The smallest absolute Gasteiger partial charge is 0.303 e. The van der Waals surface area contributed by atoms with E-state index in [4.69, 9.17) is 9.79 Å². The van der Waals surface area contributed by atoms with Gasteiger partial charge in [0.15, 0.2) is 0 Å². The van der Waals surface area contributed by atoms with Crippen molar-refractivity contribution in [3.05, 3.63) is 0 Å². The van der Waals surface area contributed by atoms with Crippen molar-refractivity contribution in [1.29, 1.82) is 0 Å². The lowest BCUT2D eigenvalue weighted by atomic mass is 10.1. The van der Waals surface area contributed by atoms with E-state index in [1.54, 1.807) is 0 Å². The summed E-state index contributed by atoms with van der Waals surface area (Å²) in [7, 11) is -4.28. The van der Waals surface area contributed by atoms with Gasteiger partial charge in [-0.05, 0) is 12.8 Å². The Kier molecular flexibility index (Phi) is 8.38. The monoisotopic (exact) mass is 228 g/mol. The molecule has 0 aliphatic rings. The van der Waals surface area contributed by atoms with Gasteiger partial charge in [-0.3, -0.25) is 8.91 Å². The molecule has 0 fully saturated rings.